The van der Waals surface area contributed by atoms with Gasteiger partial charge in [0.05, 0.1) is 18.6 Å². The van der Waals surface area contributed by atoms with Crippen LogP contribution in [0.5, 0.6) is 0 Å². The minimum Gasteiger partial charge on any atom is -0.466 e. The molecule has 1 aliphatic rings. The molecule has 0 radical (unpaired) electrons. The lowest BCUT2D eigenvalue weighted by Gasteiger charge is -2.20. The summed E-state index contributed by atoms with van der Waals surface area (Å²) >= 11 is 0. The number of aliphatic hydroxyl groups excluding tert-OH is 1. The van der Waals surface area contributed by atoms with Gasteiger partial charge in [0.15, 0.2) is 0 Å². The molecular formula is C11H18O3. The summed E-state index contributed by atoms with van der Waals surface area (Å²) in [5, 5.41) is 9.41. The van der Waals surface area contributed by atoms with Crippen molar-refractivity contribution in [1.82, 2.24) is 0 Å². The molecule has 0 aromatic carbocycles. The van der Waals surface area contributed by atoms with E-state index in [1.807, 2.05) is 6.92 Å². The van der Waals surface area contributed by atoms with E-state index in [-0.39, 0.29) is 18.0 Å². The van der Waals surface area contributed by atoms with E-state index in [0.29, 0.717) is 6.61 Å². The summed E-state index contributed by atoms with van der Waals surface area (Å²) in [4.78, 5) is 11.4. The highest BCUT2D eigenvalue weighted by Crippen LogP contribution is 2.25. The van der Waals surface area contributed by atoms with Gasteiger partial charge >= 0.3 is 5.97 Å². The van der Waals surface area contributed by atoms with Crippen LogP contribution >= 0.6 is 0 Å². The average Bonchev–Trinajstić information content (AvgIpc) is 2.17. The van der Waals surface area contributed by atoms with Gasteiger partial charge in [-0.3, -0.25) is 4.79 Å². The molecule has 0 fully saturated rings. The minimum atomic E-state index is -0.379. The van der Waals surface area contributed by atoms with Crippen LogP contribution in [0.1, 0.15) is 33.1 Å². The Balaban J connectivity index is 2.59. The minimum absolute atomic E-state index is 0.187. The first-order chi connectivity index (χ1) is 6.65. The fourth-order valence-corrected chi connectivity index (χ4v) is 1.71. The molecule has 1 rings (SSSR count). The summed E-state index contributed by atoms with van der Waals surface area (Å²) < 4.78 is 4.93. The maximum Gasteiger partial charge on any atom is 0.312 e. The maximum absolute atomic E-state index is 11.4. The Kier molecular flexibility index (Phi) is 4.14. The third kappa shape index (κ3) is 2.84. The van der Waals surface area contributed by atoms with Crippen LogP contribution in [0.2, 0.25) is 0 Å². The van der Waals surface area contributed by atoms with Crippen LogP contribution < -0.4 is 0 Å². The first-order valence-corrected chi connectivity index (χ1v) is 5.20. The van der Waals surface area contributed by atoms with Gasteiger partial charge in [0.25, 0.3) is 0 Å². The molecule has 0 aliphatic heterocycles. The van der Waals surface area contributed by atoms with Crippen LogP contribution in [0, 0.1) is 5.92 Å². The number of carbonyl (C=O) groups is 1. The molecule has 1 N–H and O–H groups in total. The summed E-state index contributed by atoms with van der Waals surface area (Å²) in [5.41, 5.74) is 1.02. The van der Waals surface area contributed by atoms with Gasteiger partial charge in [-0.15, -0.1) is 0 Å². The monoisotopic (exact) mass is 198 g/mol. The molecule has 0 aromatic rings. The molecule has 0 bridgehead atoms. The van der Waals surface area contributed by atoms with E-state index in [2.05, 4.69) is 0 Å². The van der Waals surface area contributed by atoms with Crippen molar-refractivity contribution in [3.8, 4) is 0 Å². The quantitative estimate of drug-likeness (QED) is 0.554. The Bertz CT molecular complexity index is 233. The van der Waals surface area contributed by atoms with Crippen molar-refractivity contribution in [3.05, 3.63) is 11.6 Å². The Morgan fingerprint density at radius 2 is 2.50 bits per heavy atom. The third-order valence-electron chi connectivity index (χ3n) is 2.57. The Hall–Kier alpha value is -0.830. The molecule has 14 heavy (non-hydrogen) atoms. The first kappa shape index (κ1) is 11.2. The molecule has 0 amide bonds. The molecule has 80 valence electrons. The zero-order chi connectivity index (χ0) is 10.6. The average molecular weight is 198 g/mol. The predicted octanol–water partition coefficient (Wildman–Crippen LogP) is 1.66. The van der Waals surface area contributed by atoms with E-state index < -0.39 is 0 Å². The number of rotatable bonds is 3. The van der Waals surface area contributed by atoms with Crippen LogP contribution in [-0.2, 0) is 9.53 Å². The Labute approximate surface area is 84.8 Å². The van der Waals surface area contributed by atoms with Crippen LogP contribution in [-0.4, -0.2) is 23.8 Å². The molecule has 2 atom stereocenters. The summed E-state index contributed by atoms with van der Waals surface area (Å²) in [6, 6.07) is 0. The SMILES string of the molecule is CCOC(=O)C(C)C1=CC(O)CCC1. The van der Waals surface area contributed by atoms with Gasteiger partial charge in [-0.1, -0.05) is 11.6 Å². The van der Waals surface area contributed by atoms with E-state index in [1.54, 1.807) is 13.0 Å². The lowest BCUT2D eigenvalue weighted by Crippen LogP contribution is -2.20. The molecule has 0 saturated heterocycles. The van der Waals surface area contributed by atoms with Crippen molar-refractivity contribution in [1.29, 1.82) is 0 Å². The second-order valence-electron chi connectivity index (χ2n) is 3.67. The summed E-state index contributed by atoms with van der Waals surface area (Å²) in [6.45, 7) is 4.05. The number of esters is 1. The fraction of sp³-hybridized carbons (Fsp3) is 0.727. The van der Waals surface area contributed by atoms with E-state index in [9.17, 15) is 9.90 Å². The number of carbonyl (C=O) groups excluding carboxylic acids is 1. The summed E-state index contributed by atoms with van der Waals surface area (Å²) in [7, 11) is 0. The van der Waals surface area contributed by atoms with Gasteiger partial charge in [-0.05, 0) is 33.1 Å². The fourth-order valence-electron chi connectivity index (χ4n) is 1.71. The molecule has 0 saturated carbocycles. The number of hydrogen-bond donors (Lipinski definition) is 1. The van der Waals surface area contributed by atoms with Crippen molar-refractivity contribution >= 4 is 5.97 Å². The van der Waals surface area contributed by atoms with Crippen LogP contribution in [0.4, 0.5) is 0 Å². The van der Waals surface area contributed by atoms with Gasteiger partial charge in [-0.2, -0.15) is 0 Å². The van der Waals surface area contributed by atoms with Gasteiger partial charge in [-0.25, -0.2) is 0 Å². The molecule has 3 nitrogen and oxygen atoms in total. The summed E-state index contributed by atoms with van der Waals surface area (Å²) in [6.07, 6.45) is 4.08. The number of hydrogen-bond acceptors (Lipinski definition) is 3. The van der Waals surface area contributed by atoms with Crippen molar-refractivity contribution in [2.75, 3.05) is 6.61 Å². The topological polar surface area (TPSA) is 46.5 Å². The molecule has 2 unspecified atom stereocenters. The normalized spacial score (nSPS) is 23.9. The van der Waals surface area contributed by atoms with Crippen LogP contribution in [0.3, 0.4) is 0 Å². The Morgan fingerprint density at radius 1 is 1.79 bits per heavy atom. The maximum atomic E-state index is 11.4. The smallest absolute Gasteiger partial charge is 0.312 e. The van der Waals surface area contributed by atoms with Crippen molar-refractivity contribution in [3.63, 3.8) is 0 Å². The van der Waals surface area contributed by atoms with Crippen molar-refractivity contribution in [2.45, 2.75) is 39.2 Å². The van der Waals surface area contributed by atoms with Crippen molar-refractivity contribution in [2.24, 2.45) is 5.92 Å². The van der Waals surface area contributed by atoms with Crippen molar-refractivity contribution < 1.29 is 14.6 Å². The lowest BCUT2D eigenvalue weighted by molar-refractivity contribution is -0.146. The van der Waals surface area contributed by atoms with Gasteiger partial charge < -0.3 is 9.84 Å². The van der Waals surface area contributed by atoms with Gasteiger partial charge in [0.2, 0.25) is 0 Å². The second kappa shape index (κ2) is 5.15. The summed E-state index contributed by atoms with van der Waals surface area (Å²) in [5.74, 6) is -0.391. The van der Waals surface area contributed by atoms with Crippen LogP contribution in [0.25, 0.3) is 0 Å². The number of ether oxygens (including phenoxy) is 1. The Morgan fingerprint density at radius 3 is 3.07 bits per heavy atom. The van der Waals surface area contributed by atoms with Gasteiger partial charge in [0, 0.05) is 0 Å². The van der Waals surface area contributed by atoms with Gasteiger partial charge in [0.1, 0.15) is 0 Å². The third-order valence-corrected chi connectivity index (χ3v) is 2.57. The largest absolute Gasteiger partial charge is 0.466 e. The van der Waals surface area contributed by atoms with E-state index >= 15 is 0 Å². The standard InChI is InChI=1S/C11H18O3/c1-3-14-11(13)8(2)9-5-4-6-10(12)7-9/h7-8,10,12H,3-6H2,1-2H3. The van der Waals surface area contributed by atoms with E-state index in [1.165, 1.54) is 0 Å². The second-order valence-corrected chi connectivity index (χ2v) is 3.67. The molecule has 1 aliphatic carbocycles. The highest BCUT2D eigenvalue weighted by Gasteiger charge is 2.22. The van der Waals surface area contributed by atoms with E-state index in [4.69, 9.17) is 4.74 Å². The predicted molar refractivity (Wildman–Crippen MR) is 53.7 cm³/mol. The molecule has 0 aromatic heterocycles. The highest BCUT2D eigenvalue weighted by atomic mass is 16.5. The number of aliphatic hydroxyl groups is 1. The zero-order valence-corrected chi connectivity index (χ0v) is 8.82. The zero-order valence-electron chi connectivity index (χ0n) is 8.82. The van der Waals surface area contributed by atoms with E-state index in [0.717, 1.165) is 24.8 Å². The van der Waals surface area contributed by atoms with Crippen LogP contribution in [0.15, 0.2) is 11.6 Å². The first-order valence-electron chi connectivity index (χ1n) is 5.20. The molecule has 0 heterocycles. The molecular weight excluding hydrogens is 180 g/mol. The lowest BCUT2D eigenvalue weighted by atomic mass is 9.89. The molecule has 0 spiro atoms. The molecule has 3 heteroatoms. The highest BCUT2D eigenvalue weighted by molar-refractivity contribution is 5.75.